The van der Waals surface area contributed by atoms with Crippen molar-refractivity contribution in [3.63, 3.8) is 0 Å². The lowest BCUT2D eigenvalue weighted by molar-refractivity contribution is 0.408. The van der Waals surface area contributed by atoms with Crippen LogP contribution in [0.1, 0.15) is 20.3 Å². The Bertz CT molecular complexity index is 701. The summed E-state index contributed by atoms with van der Waals surface area (Å²) >= 11 is 1.97. The van der Waals surface area contributed by atoms with E-state index < -0.39 is 15.7 Å². The van der Waals surface area contributed by atoms with Crippen LogP contribution in [-0.4, -0.2) is 62.2 Å². The first-order valence-corrected chi connectivity index (χ1v) is 11.3. The molecule has 1 aliphatic rings. The molecule has 1 aromatic rings. The molecule has 0 amide bonds. The number of nitrogens with zero attached hydrogens (tertiary/aromatic N) is 2. The van der Waals surface area contributed by atoms with Gasteiger partial charge in [0.25, 0.3) is 0 Å². The van der Waals surface area contributed by atoms with Gasteiger partial charge in [0, 0.05) is 30.6 Å². The Morgan fingerprint density at radius 3 is 2.77 bits per heavy atom. The molecule has 1 fully saturated rings. The molecule has 0 radical (unpaired) electrons. The first kappa shape index (κ1) is 23.5. The summed E-state index contributed by atoms with van der Waals surface area (Å²) in [6.07, 6.45) is 1.10. The maximum Gasteiger partial charge on any atom is 0.194 e. The van der Waals surface area contributed by atoms with Crippen molar-refractivity contribution in [3.05, 3.63) is 30.1 Å². The zero-order chi connectivity index (χ0) is 18.3. The Balaban J connectivity index is 0.00000338. The molecule has 1 saturated heterocycles. The number of sulfone groups is 1. The third-order valence-corrected chi connectivity index (χ3v) is 7.12. The van der Waals surface area contributed by atoms with Gasteiger partial charge in [0.05, 0.1) is 12.3 Å². The maximum absolute atomic E-state index is 13.7. The van der Waals surface area contributed by atoms with Gasteiger partial charge < -0.3 is 10.2 Å². The average molecular weight is 515 g/mol. The van der Waals surface area contributed by atoms with Gasteiger partial charge in [-0.25, -0.2) is 12.8 Å². The second kappa shape index (κ2) is 11.3. The zero-order valence-corrected chi connectivity index (χ0v) is 19.1. The van der Waals surface area contributed by atoms with E-state index in [1.807, 2.05) is 18.7 Å². The quantitative estimate of drug-likeness (QED) is 0.359. The van der Waals surface area contributed by atoms with Crippen LogP contribution in [0.2, 0.25) is 0 Å². The highest BCUT2D eigenvalue weighted by atomic mass is 127. The average Bonchev–Trinajstić information content (AvgIpc) is 2.61. The van der Waals surface area contributed by atoms with Crippen molar-refractivity contribution in [2.45, 2.75) is 30.4 Å². The maximum atomic E-state index is 13.7. The van der Waals surface area contributed by atoms with Gasteiger partial charge in [-0.05, 0) is 25.5 Å². The highest BCUT2D eigenvalue weighted by Crippen LogP contribution is 2.21. The van der Waals surface area contributed by atoms with Crippen molar-refractivity contribution in [1.82, 2.24) is 10.2 Å². The largest absolute Gasteiger partial charge is 0.357 e. The van der Waals surface area contributed by atoms with Gasteiger partial charge in [-0.1, -0.05) is 19.1 Å². The summed E-state index contributed by atoms with van der Waals surface area (Å²) in [6.45, 7) is 6.80. The molecule has 0 spiro atoms. The molecule has 5 nitrogen and oxygen atoms in total. The smallest absolute Gasteiger partial charge is 0.194 e. The second-order valence-electron chi connectivity index (χ2n) is 5.83. The Labute approximate surface area is 177 Å². The molecule has 1 heterocycles. The topological polar surface area (TPSA) is 61.8 Å². The van der Waals surface area contributed by atoms with Gasteiger partial charge in [0.1, 0.15) is 10.7 Å². The standard InChI is InChI=1S/C17H26FN3O2S2.HI/c1-3-14-13-21(10-11-24-14)17(19-4-2)20-9-12-25(22,23)16-8-6-5-7-15(16)18;/h5-8,14H,3-4,9-13H2,1-2H3,(H,19,20);1H. The van der Waals surface area contributed by atoms with Crippen LogP contribution < -0.4 is 5.32 Å². The minimum Gasteiger partial charge on any atom is -0.357 e. The minimum absolute atomic E-state index is 0. The van der Waals surface area contributed by atoms with Gasteiger partial charge in [0.15, 0.2) is 15.8 Å². The molecule has 0 bridgehead atoms. The Morgan fingerprint density at radius 2 is 2.12 bits per heavy atom. The number of rotatable bonds is 6. The predicted molar refractivity (Wildman–Crippen MR) is 118 cm³/mol. The fourth-order valence-electron chi connectivity index (χ4n) is 2.66. The van der Waals surface area contributed by atoms with Crippen LogP contribution in [0.15, 0.2) is 34.2 Å². The third-order valence-electron chi connectivity index (χ3n) is 4.02. The van der Waals surface area contributed by atoms with Gasteiger partial charge in [-0.3, -0.25) is 4.99 Å². The number of hydrogen-bond acceptors (Lipinski definition) is 4. The van der Waals surface area contributed by atoms with Gasteiger partial charge in [-0.15, -0.1) is 24.0 Å². The molecule has 0 saturated carbocycles. The van der Waals surface area contributed by atoms with Crippen LogP contribution in [-0.2, 0) is 9.84 Å². The highest BCUT2D eigenvalue weighted by molar-refractivity contribution is 14.0. The number of thioether (sulfide) groups is 1. The number of halogens is 2. The monoisotopic (exact) mass is 515 g/mol. The Morgan fingerprint density at radius 1 is 1.38 bits per heavy atom. The fraction of sp³-hybridized carbons (Fsp3) is 0.588. The van der Waals surface area contributed by atoms with E-state index in [1.165, 1.54) is 18.2 Å². The Hall–Kier alpha value is -0.550. The van der Waals surface area contributed by atoms with Gasteiger partial charge in [0.2, 0.25) is 0 Å². The first-order valence-electron chi connectivity index (χ1n) is 8.60. The number of aliphatic imine (C=N–C) groups is 1. The van der Waals surface area contributed by atoms with Crippen LogP contribution in [0.4, 0.5) is 4.39 Å². The molecule has 26 heavy (non-hydrogen) atoms. The summed E-state index contributed by atoms with van der Waals surface area (Å²) in [7, 11) is -3.68. The van der Waals surface area contributed by atoms with E-state index in [2.05, 4.69) is 22.1 Å². The molecule has 0 aromatic heterocycles. The SMILES string of the molecule is CCNC(=NCCS(=O)(=O)c1ccccc1F)N1CCSC(CC)C1.I. The molecule has 0 aliphatic carbocycles. The molecular weight excluding hydrogens is 488 g/mol. The van der Waals surface area contributed by atoms with Crippen LogP contribution in [0.25, 0.3) is 0 Å². The molecule has 1 atom stereocenters. The van der Waals surface area contributed by atoms with Crippen LogP contribution in [0.3, 0.4) is 0 Å². The number of nitrogens with one attached hydrogen (secondary N) is 1. The lowest BCUT2D eigenvalue weighted by Gasteiger charge is -2.34. The lowest BCUT2D eigenvalue weighted by Crippen LogP contribution is -2.48. The van der Waals surface area contributed by atoms with Crippen molar-refractivity contribution in [1.29, 1.82) is 0 Å². The van der Waals surface area contributed by atoms with Crippen molar-refractivity contribution >= 4 is 51.5 Å². The minimum atomic E-state index is -3.68. The predicted octanol–water partition coefficient (Wildman–Crippen LogP) is 3.01. The van der Waals surface area contributed by atoms with E-state index in [0.717, 1.165) is 43.8 Å². The first-order chi connectivity index (χ1) is 12.0. The molecule has 1 aliphatic heterocycles. The number of guanidine groups is 1. The molecule has 148 valence electrons. The lowest BCUT2D eigenvalue weighted by atomic mass is 10.3. The van der Waals surface area contributed by atoms with Crippen LogP contribution in [0.5, 0.6) is 0 Å². The number of benzene rings is 1. The molecular formula is C17H27FIN3O2S2. The Kier molecular flexibility index (Phi) is 10.2. The summed E-state index contributed by atoms with van der Waals surface area (Å²) in [5, 5.41) is 3.80. The van der Waals surface area contributed by atoms with Gasteiger partial charge >= 0.3 is 0 Å². The van der Waals surface area contributed by atoms with Crippen molar-refractivity contribution in [2.24, 2.45) is 4.99 Å². The summed E-state index contributed by atoms with van der Waals surface area (Å²) in [6, 6.07) is 5.47. The van der Waals surface area contributed by atoms with Crippen LogP contribution >= 0.6 is 35.7 Å². The summed E-state index contributed by atoms with van der Waals surface area (Å²) in [5.74, 6) is 0.862. The van der Waals surface area contributed by atoms with Crippen molar-refractivity contribution in [2.75, 3.05) is 37.7 Å². The second-order valence-corrected chi connectivity index (χ2v) is 9.32. The van der Waals surface area contributed by atoms with Crippen LogP contribution in [0, 0.1) is 5.82 Å². The molecule has 9 heteroatoms. The normalized spacial score (nSPS) is 18.3. The molecule has 1 aromatic carbocycles. The summed E-state index contributed by atoms with van der Waals surface area (Å²) in [5.41, 5.74) is 0. The van der Waals surface area contributed by atoms with E-state index >= 15 is 0 Å². The number of hydrogen-bond donors (Lipinski definition) is 1. The summed E-state index contributed by atoms with van der Waals surface area (Å²) < 4.78 is 38.4. The fourth-order valence-corrected chi connectivity index (χ4v) is 5.05. The van der Waals surface area contributed by atoms with E-state index in [-0.39, 0.29) is 41.2 Å². The van der Waals surface area contributed by atoms with Gasteiger partial charge in [-0.2, -0.15) is 11.8 Å². The molecule has 2 rings (SSSR count). The van der Waals surface area contributed by atoms with Crippen molar-refractivity contribution in [3.8, 4) is 0 Å². The van der Waals surface area contributed by atoms with Crippen molar-refractivity contribution < 1.29 is 12.8 Å². The van der Waals surface area contributed by atoms with E-state index in [9.17, 15) is 12.8 Å². The zero-order valence-electron chi connectivity index (χ0n) is 15.2. The molecule has 1 unspecified atom stereocenters. The third kappa shape index (κ3) is 6.56. The molecule has 1 N–H and O–H groups in total. The summed E-state index contributed by atoms with van der Waals surface area (Å²) in [4.78, 5) is 6.40. The van der Waals surface area contributed by atoms with E-state index in [4.69, 9.17) is 0 Å². The van der Waals surface area contributed by atoms with E-state index in [1.54, 1.807) is 0 Å². The van der Waals surface area contributed by atoms with E-state index in [0.29, 0.717) is 5.25 Å². The highest BCUT2D eigenvalue weighted by Gasteiger charge is 2.22.